The molecule has 1 saturated carbocycles. The van der Waals surface area contributed by atoms with Crippen molar-refractivity contribution in [3.05, 3.63) is 84.1 Å². The van der Waals surface area contributed by atoms with Crippen LogP contribution >= 0.6 is 0 Å². The van der Waals surface area contributed by atoms with E-state index in [9.17, 15) is 39.0 Å². The molecule has 4 aliphatic rings. The quantitative estimate of drug-likeness (QED) is 0.0264. The molecule has 0 radical (unpaired) electrons. The highest BCUT2D eigenvalue weighted by Gasteiger charge is 2.52. The molecular weight excluding hydrogens is 1270 g/mol. The first-order chi connectivity index (χ1) is 48.5. The molecule has 3 fully saturated rings. The molecule has 101 heavy (non-hydrogen) atoms. The van der Waals surface area contributed by atoms with Crippen LogP contribution in [0, 0.1) is 47.3 Å². The Hall–Kier alpha value is -4.60. The number of ether oxygens (including phenoxy) is 5. The topological polar surface area (TPSA) is 192 Å². The number of fused-ring (bicyclic) bond motifs is 3. The Labute approximate surface area is 613 Å². The minimum absolute atomic E-state index is 0.0325. The highest BCUT2D eigenvalue weighted by Crippen LogP contribution is 2.39. The van der Waals surface area contributed by atoms with Gasteiger partial charge in [0, 0.05) is 69.4 Å². The highest BCUT2D eigenvalue weighted by molar-refractivity contribution is 6.38. The number of hydrogen-bond donors (Lipinski definition) is 2. The van der Waals surface area contributed by atoms with E-state index in [4.69, 9.17) is 23.7 Å². The van der Waals surface area contributed by atoms with E-state index in [-0.39, 0.29) is 78.5 Å². The summed E-state index contributed by atoms with van der Waals surface area (Å²) in [6.07, 6.45) is 55.9. The number of piperidine rings is 1. The zero-order valence-corrected chi connectivity index (χ0v) is 65.5. The predicted molar refractivity (Wildman–Crippen MR) is 410 cm³/mol. The molecular formula is C87H143NO13. The minimum Gasteiger partial charge on any atom is -0.462 e. The lowest BCUT2D eigenvalue weighted by Gasteiger charge is -2.43. The van der Waals surface area contributed by atoms with Crippen LogP contribution in [0.25, 0.3) is 0 Å². The van der Waals surface area contributed by atoms with E-state index in [2.05, 4.69) is 77.2 Å². The summed E-state index contributed by atoms with van der Waals surface area (Å²) in [5.41, 5.74) is 1.49. The molecule has 0 aromatic carbocycles. The SMILES string of the molecule is CCCCC/C=C\C/C=C\CCCCCCCC(=O)O[C@H](C/C=C\CCCCCCCC(=O)O[C@@H]1CC[C@@H](C[C@@H](C)[C@@H]2CC(=O)[C@H](C)/C=C(\C)[C@@H](O)[C@@H](C)C(=O)[C@H](C)C[C@H](C)/C=C/C=C/C=C(\C)[C@@H](OC)C[C@@H]3CC[C@@H](C)[C@@](O)(O3)C(=O)C(=O)N3CCCCC3CO2)C[C@H]1C)CCCCCC. The van der Waals surface area contributed by atoms with E-state index >= 15 is 0 Å². The molecule has 1 unspecified atom stereocenters. The number of aliphatic hydroxyl groups excluding tert-OH is 1. The summed E-state index contributed by atoms with van der Waals surface area (Å²) in [6.45, 7) is 22.2. The zero-order valence-electron chi connectivity index (χ0n) is 65.5. The van der Waals surface area contributed by atoms with Crippen LogP contribution in [-0.4, -0.2) is 119 Å². The molecule has 14 nitrogen and oxygen atoms in total. The summed E-state index contributed by atoms with van der Waals surface area (Å²) in [5.74, 6) is -6.15. The van der Waals surface area contributed by atoms with E-state index in [1.807, 2.05) is 45.1 Å². The number of esters is 2. The van der Waals surface area contributed by atoms with Gasteiger partial charge in [-0.05, 0) is 184 Å². The van der Waals surface area contributed by atoms with Crippen molar-refractivity contribution in [2.75, 3.05) is 20.3 Å². The molecule has 1 aliphatic carbocycles. The number of hydrogen-bond acceptors (Lipinski definition) is 13. The monoisotopic (exact) mass is 1410 g/mol. The third-order valence-corrected chi connectivity index (χ3v) is 22.3. The van der Waals surface area contributed by atoms with Gasteiger partial charge < -0.3 is 38.8 Å². The van der Waals surface area contributed by atoms with Gasteiger partial charge >= 0.3 is 11.9 Å². The Morgan fingerprint density at radius 3 is 2.01 bits per heavy atom. The Balaban J connectivity index is 1.29. The Kier molecular flexibility index (Phi) is 44.6. The van der Waals surface area contributed by atoms with Crippen molar-refractivity contribution in [3.8, 4) is 0 Å². The van der Waals surface area contributed by atoms with Crippen molar-refractivity contribution in [1.82, 2.24) is 4.90 Å². The number of allylic oxidation sites excluding steroid dienone is 11. The van der Waals surface area contributed by atoms with E-state index < -0.39 is 59.6 Å². The molecule has 0 aromatic rings. The summed E-state index contributed by atoms with van der Waals surface area (Å²) >= 11 is 0. The number of carbonyl (C=O) groups is 6. The lowest BCUT2D eigenvalue weighted by molar-refractivity contribution is -0.265. The van der Waals surface area contributed by atoms with Crippen molar-refractivity contribution in [2.45, 2.75) is 362 Å². The number of Topliss-reactive ketones (excluding diaryl/α,β-unsaturated/α-hetero) is 3. The fourth-order valence-electron chi connectivity index (χ4n) is 15.5. The summed E-state index contributed by atoms with van der Waals surface area (Å²) in [6, 6.07) is -0.476. The number of ketones is 3. The normalized spacial score (nSPS) is 30.8. The van der Waals surface area contributed by atoms with E-state index in [0.29, 0.717) is 69.4 Å². The Morgan fingerprint density at radius 2 is 1.34 bits per heavy atom. The summed E-state index contributed by atoms with van der Waals surface area (Å²) in [7, 11) is 1.62. The molecule has 0 spiro atoms. The number of amides is 1. The molecule has 0 aromatic heterocycles. The lowest BCUT2D eigenvalue weighted by atomic mass is 9.75. The highest BCUT2D eigenvalue weighted by atomic mass is 16.6. The fraction of sp³-hybridized carbons (Fsp3) is 0.770. The lowest BCUT2D eigenvalue weighted by Crippen LogP contribution is -2.60. The van der Waals surface area contributed by atoms with Gasteiger partial charge in [0.15, 0.2) is 0 Å². The van der Waals surface area contributed by atoms with Gasteiger partial charge in [-0.2, -0.15) is 0 Å². The van der Waals surface area contributed by atoms with Crippen LogP contribution in [0.2, 0.25) is 0 Å². The van der Waals surface area contributed by atoms with Crippen LogP contribution in [0.5, 0.6) is 0 Å². The molecule has 3 aliphatic heterocycles. The second kappa shape index (κ2) is 50.8. The molecule has 1 amide bonds. The van der Waals surface area contributed by atoms with Gasteiger partial charge in [0.25, 0.3) is 11.7 Å². The molecule has 2 saturated heterocycles. The largest absolute Gasteiger partial charge is 0.462 e. The molecule has 3 heterocycles. The van der Waals surface area contributed by atoms with Crippen LogP contribution in [0.1, 0.15) is 314 Å². The Morgan fingerprint density at radius 1 is 0.703 bits per heavy atom. The summed E-state index contributed by atoms with van der Waals surface area (Å²) in [5, 5.41) is 23.7. The van der Waals surface area contributed by atoms with Crippen LogP contribution < -0.4 is 0 Å². The van der Waals surface area contributed by atoms with Crippen LogP contribution in [0.4, 0.5) is 0 Å². The molecule has 4 rings (SSSR count). The van der Waals surface area contributed by atoms with Gasteiger partial charge in [-0.1, -0.05) is 206 Å². The predicted octanol–water partition coefficient (Wildman–Crippen LogP) is 19.8. The van der Waals surface area contributed by atoms with Crippen molar-refractivity contribution in [3.63, 3.8) is 0 Å². The average molecular weight is 1410 g/mol. The van der Waals surface area contributed by atoms with E-state index in [1.165, 1.54) is 57.8 Å². The van der Waals surface area contributed by atoms with Gasteiger partial charge in [-0.3, -0.25) is 28.8 Å². The Bertz CT molecular complexity index is 2620. The van der Waals surface area contributed by atoms with Gasteiger partial charge in [-0.25, -0.2) is 0 Å². The number of nitrogens with zero attached hydrogens (tertiary/aromatic N) is 1. The maximum Gasteiger partial charge on any atom is 0.306 e. The van der Waals surface area contributed by atoms with Gasteiger partial charge in [0.1, 0.15) is 23.8 Å². The first kappa shape index (κ1) is 88.8. The number of unbranched alkanes of at least 4 members (excludes halogenated alkanes) is 16. The minimum atomic E-state index is -2.32. The smallest absolute Gasteiger partial charge is 0.306 e. The molecule has 2 bridgehead atoms. The zero-order chi connectivity index (χ0) is 74.0. The fourth-order valence-corrected chi connectivity index (χ4v) is 15.5. The van der Waals surface area contributed by atoms with E-state index in [1.54, 1.807) is 38.9 Å². The first-order valence-electron chi connectivity index (χ1n) is 40.7. The van der Waals surface area contributed by atoms with Crippen LogP contribution in [0.3, 0.4) is 0 Å². The van der Waals surface area contributed by atoms with Crippen LogP contribution in [-0.2, 0) is 52.5 Å². The summed E-state index contributed by atoms with van der Waals surface area (Å²) in [4.78, 5) is 85.0. The third kappa shape index (κ3) is 34.0. The standard InChI is InChI=1S/C87H143NO13/c1-13-15-17-19-20-21-22-23-24-25-26-27-31-34-41-50-81(90)99-75(48-39-18-16-14-2)49-40-33-30-28-29-32-35-42-51-82(91)100-78-55-53-73(59-67(78)6)60-68(7)80-62-77(89)66(5)58-70(9)84(93)72(11)83(92)69(8)57-64(3)45-37-36-38-46-65(4)79(97-12)61-76-54-52-71(10)87(96,101-76)85(94)86(95)88-56-44-43-47-74(88)63-98-80/h20-21,23-24,33,36-38,40,45-46,58,64,66-69,71-76,78-80,84,93,96H,13-19,22,25-32,34-35,39,41-44,47-57,59-63H2,1-12H3/b21-20-,24-23-,38-36+,40-33-,45-37+,65-46+,70-58+/t64-,66-,67-,68-,69-,71-,72+,73-,74?,75+,76+,78-,79+,80+,84-,87-/m1/s1. The summed E-state index contributed by atoms with van der Waals surface area (Å²) < 4.78 is 31.3. The average Bonchev–Trinajstić information content (AvgIpc) is 0.778. The van der Waals surface area contributed by atoms with E-state index in [0.717, 1.165) is 128 Å². The van der Waals surface area contributed by atoms with Crippen molar-refractivity contribution in [2.24, 2.45) is 47.3 Å². The number of methoxy groups -OCH3 is 1. The van der Waals surface area contributed by atoms with Crippen molar-refractivity contribution in [1.29, 1.82) is 0 Å². The maximum absolute atomic E-state index is 14.5. The number of aliphatic hydroxyl groups is 2. The first-order valence-corrected chi connectivity index (χ1v) is 40.7. The number of carbonyl (C=O) groups excluding carboxylic acids is 6. The molecule has 574 valence electrons. The number of rotatable bonds is 35. The third-order valence-electron chi connectivity index (χ3n) is 22.3. The van der Waals surface area contributed by atoms with Crippen molar-refractivity contribution >= 4 is 35.2 Å². The molecule has 16 atom stereocenters. The van der Waals surface area contributed by atoms with Gasteiger partial charge in [0.2, 0.25) is 5.79 Å². The van der Waals surface area contributed by atoms with Gasteiger partial charge in [-0.15, -0.1) is 0 Å². The second-order valence-corrected chi connectivity index (χ2v) is 31.4. The second-order valence-electron chi connectivity index (χ2n) is 31.4. The van der Waals surface area contributed by atoms with Crippen LogP contribution in [0.15, 0.2) is 84.1 Å². The van der Waals surface area contributed by atoms with Gasteiger partial charge in [0.05, 0.1) is 37.1 Å². The molecule has 2 N–H and O–H groups in total. The molecule has 14 heteroatoms. The van der Waals surface area contributed by atoms with Crippen molar-refractivity contribution < 1.29 is 62.7 Å². The maximum atomic E-state index is 14.5.